The molecule has 1 heterocycles. The third kappa shape index (κ3) is 4.21. The predicted molar refractivity (Wildman–Crippen MR) is 66.4 cm³/mol. The van der Waals surface area contributed by atoms with Gasteiger partial charge < -0.3 is 10.1 Å². The molecule has 1 unspecified atom stereocenters. The van der Waals surface area contributed by atoms with E-state index in [1.54, 1.807) is 7.05 Å². The van der Waals surface area contributed by atoms with Gasteiger partial charge in [-0.3, -0.25) is 0 Å². The van der Waals surface area contributed by atoms with E-state index in [0.717, 1.165) is 19.4 Å². The van der Waals surface area contributed by atoms with E-state index in [2.05, 4.69) is 5.32 Å². The third-order valence-corrected chi connectivity index (χ3v) is 5.15. The number of hydrogen-bond acceptors (Lipinski definition) is 4. The van der Waals surface area contributed by atoms with Gasteiger partial charge in [0, 0.05) is 32.8 Å². The van der Waals surface area contributed by atoms with Crippen molar-refractivity contribution in [2.75, 3.05) is 32.5 Å². The number of rotatable bonds is 7. The average Bonchev–Trinajstić information content (AvgIpc) is 2.94. The Hall–Kier alpha value is -0.170. The van der Waals surface area contributed by atoms with Crippen molar-refractivity contribution < 1.29 is 13.2 Å². The molecule has 0 amide bonds. The lowest BCUT2D eigenvalue weighted by Crippen LogP contribution is -2.38. The maximum absolute atomic E-state index is 12.0. The molecule has 100 valence electrons. The van der Waals surface area contributed by atoms with Gasteiger partial charge in [-0.2, -0.15) is 0 Å². The summed E-state index contributed by atoms with van der Waals surface area (Å²) in [5.41, 5.74) is 0. The van der Waals surface area contributed by atoms with Gasteiger partial charge in [0.25, 0.3) is 0 Å². The van der Waals surface area contributed by atoms with Gasteiger partial charge in [0.15, 0.2) is 0 Å². The van der Waals surface area contributed by atoms with Crippen molar-refractivity contribution in [1.29, 1.82) is 0 Å². The quantitative estimate of drug-likeness (QED) is 0.711. The second kappa shape index (κ2) is 5.65. The Morgan fingerprint density at radius 2 is 2.12 bits per heavy atom. The maximum atomic E-state index is 12.0. The number of sulfonamides is 1. The third-order valence-electron chi connectivity index (χ3n) is 3.33. The molecule has 1 N–H and O–H groups in total. The Balaban J connectivity index is 1.72. The topological polar surface area (TPSA) is 58.6 Å². The van der Waals surface area contributed by atoms with E-state index >= 15 is 0 Å². The molecule has 0 radical (unpaired) electrons. The van der Waals surface area contributed by atoms with E-state index in [9.17, 15) is 8.42 Å². The van der Waals surface area contributed by atoms with E-state index < -0.39 is 10.0 Å². The number of likely N-dealkylation sites (N-methyl/N-ethyl adjacent to an activating group) is 1. The van der Waals surface area contributed by atoms with Crippen molar-refractivity contribution in [3.63, 3.8) is 0 Å². The number of nitrogens with zero attached hydrogens (tertiary/aromatic N) is 1. The molecule has 2 rings (SSSR count). The lowest BCUT2D eigenvalue weighted by molar-refractivity contribution is 0.0979. The maximum Gasteiger partial charge on any atom is 0.215 e. The minimum absolute atomic E-state index is 0.0890. The van der Waals surface area contributed by atoms with Crippen molar-refractivity contribution in [2.45, 2.75) is 37.8 Å². The molecular formula is C11H22N2O3S. The minimum atomic E-state index is -3.12. The summed E-state index contributed by atoms with van der Waals surface area (Å²) in [6.45, 7) is 1.82. The van der Waals surface area contributed by atoms with Crippen LogP contribution in [0.5, 0.6) is 0 Å². The van der Waals surface area contributed by atoms with Crippen molar-refractivity contribution in [3.05, 3.63) is 0 Å². The smallest absolute Gasteiger partial charge is 0.215 e. The Labute approximate surface area is 104 Å². The first-order valence-corrected chi connectivity index (χ1v) is 7.98. The first kappa shape index (κ1) is 13.3. The summed E-state index contributed by atoms with van der Waals surface area (Å²) in [5, 5.41) is 3.22. The molecule has 1 saturated heterocycles. The highest BCUT2D eigenvalue weighted by Gasteiger charge is 2.25. The zero-order valence-corrected chi connectivity index (χ0v) is 11.2. The van der Waals surface area contributed by atoms with Crippen LogP contribution in [-0.4, -0.2) is 57.4 Å². The van der Waals surface area contributed by atoms with Crippen LogP contribution in [0.3, 0.4) is 0 Å². The fourth-order valence-corrected chi connectivity index (χ4v) is 3.10. The number of nitrogens with one attached hydrogen (secondary N) is 1. The molecule has 6 heteroatoms. The van der Waals surface area contributed by atoms with Crippen molar-refractivity contribution >= 4 is 10.0 Å². The molecule has 2 aliphatic rings. The zero-order valence-electron chi connectivity index (χ0n) is 10.4. The Kier molecular flexibility index (Phi) is 4.41. The average molecular weight is 262 g/mol. The normalized spacial score (nSPS) is 25.6. The zero-order chi connectivity index (χ0) is 12.3. The molecule has 2 fully saturated rings. The van der Waals surface area contributed by atoms with Crippen LogP contribution in [0.2, 0.25) is 0 Å². The summed E-state index contributed by atoms with van der Waals surface area (Å²) < 4.78 is 30.8. The molecular weight excluding hydrogens is 240 g/mol. The van der Waals surface area contributed by atoms with Crippen molar-refractivity contribution in [1.82, 2.24) is 9.62 Å². The van der Waals surface area contributed by atoms with E-state index in [-0.39, 0.29) is 11.9 Å². The largest absolute Gasteiger partial charge is 0.377 e. The van der Waals surface area contributed by atoms with E-state index in [1.165, 1.54) is 17.1 Å². The molecule has 1 saturated carbocycles. The van der Waals surface area contributed by atoms with Gasteiger partial charge in [-0.05, 0) is 25.7 Å². The molecule has 0 aromatic rings. The van der Waals surface area contributed by atoms with Gasteiger partial charge in [-0.15, -0.1) is 0 Å². The predicted octanol–water partition coefficient (Wildman–Crippen LogP) is 0.179. The van der Waals surface area contributed by atoms with E-state index in [1.807, 2.05) is 0 Å². The fourth-order valence-electron chi connectivity index (χ4n) is 2.02. The number of ether oxygens (including phenoxy) is 1. The highest BCUT2D eigenvalue weighted by atomic mass is 32.2. The number of hydrogen-bond donors (Lipinski definition) is 1. The molecule has 1 aliphatic carbocycles. The summed E-state index contributed by atoms with van der Waals surface area (Å²) in [4.78, 5) is 0. The van der Waals surface area contributed by atoms with Crippen LogP contribution in [0.4, 0.5) is 0 Å². The first-order valence-electron chi connectivity index (χ1n) is 6.37. The van der Waals surface area contributed by atoms with Crippen LogP contribution < -0.4 is 5.32 Å². The highest BCUT2D eigenvalue weighted by molar-refractivity contribution is 7.89. The Morgan fingerprint density at radius 1 is 1.35 bits per heavy atom. The van der Waals surface area contributed by atoms with Crippen molar-refractivity contribution in [2.24, 2.45) is 0 Å². The van der Waals surface area contributed by atoms with Crippen molar-refractivity contribution in [3.8, 4) is 0 Å². The summed E-state index contributed by atoms with van der Waals surface area (Å²) in [5.74, 6) is 0.187. The van der Waals surface area contributed by atoms with E-state index in [0.29, 0.717) is 19.1 Å². The van der Waals surface area contributed by atoms with Crippen LogP contribution in [0, 0.1) is 0 Å². The van der Waals surface area contributed by atoms with Crippen LogP contribution >= 0.6 is 0 Å². The summed E-state index contributed by atoms with van der Waals surface area (Å²) in [6.07, 6.45) is 4.48. The molecule has 0 bridgehead atoms. The molecule has 0 spiro atoms. The molecule has 1 aliphatic heterocycles. The van der Waals surface area contributed by atoms with Gasteiger partial charge in [-0.1, -0.05) is 0 Å². The van der Waals surface area contributed by atoms with Crippen LogP contribution in [-0.2, 0) is 14.8 Å². The lowest BCUT2D eigenvalue weighted by Gasteiger charge is -2.20. The van der Waals surface area contributed by atoms with Crippen LogP contribution in [0.25, 0.3) is 0 Å². The Bertz CT molecular complexity index is 335. The molecule has 1 atom stereocenters. The highest BCUT2D eigenvalue weighted by Crippen LogP contribution is 2.18. The van der Waals surface area contributed by atoms with Crippen LogP contribution in [0.1, 0.15) is 25.7 Å². The van der Waals surface area contributed by atoms with Crippen LogP contribution in [0.15, 0.2) is 0 Å². The van der Waals surface area contributed by atoms with Gasteiger partial charge in [0.2, 0.25) is 10.0 Å². The summed E-state index contributed by atoms with van der Waals surface area (Å²) >= 11 is 0. The lowest BCUT2D eigenvalue weighted by atomic mass is 10.2. The molecule has 17 heavy (non-hydrogen) atoms. The molecule has 0 aromatic heterocycles. The minimum Gasteiger partial charge on any atom is -0.377 e. The summed E-state index contributed by atoms with van der Waals surface area (Å²) in [6, 6.07) is 0.564. The van der Waals surface area contributed by atoms with Gasteiger partial charge >= 0.3 is 0 Å². The van der Waals surface area contributed by atoms with Gasteiger partial charge in [-0.25, -0.2) is 12.7 Å². The standard InChI is InChI=1S/C11H22N2O3S/c1-13(9-11-3-2-7-16-11)17(14,15)8-6-12-10-4-5-10/h10-12H,2-9H2,1H3. The Morgan fingerprint density at radius 3 is 2.71 bits per heavy atom. The first-order chi connectivity index (χ1) is 8.08. The molecule has 0 aromatic carbocycles. The second-order valence-corrected chi connectivity index (χ2v) is 7.16. The SMILES string of the molecule is CN(CC1CCCO1)S(=O)(=O)CCNC1CC1. The van der Waals surface area contributed by atoms with E-state index in [4.69, 9.17) is 4.74 Å². The monoisotopic (exact) mass is 262 g/mol. The van der Waals surface area contributed by atoms with Gasteiger partial charge in [0.05, 0.1) is 11.9 Å². The fraction of sp³-hybridized carbons (Fsp3) is 1.00. The molecule has 5 nitrogen and oxygen atoms in total. The van der Waals surface area contributed by atoms with Gasteiger partial charge in [0.1, 0.15) is 0 Å². The summed E-state index contributed by atoms with van der Waals surface area (Å²) in [7, 11) is -1.48. The second-order valence-electron chi connectivity index (χ2n) is 4.96.